The summed E-state index contributed by atoms with van der Waals surface area (Å²) < 4.78 is 0. The van der Waals surface area contributed by atoms with Crippen molar-refractivity contribution in [3.05, 3.63) is 53.1 Å². The molecule has 2 aromatic carbocycles. The normalized spacial score (nSPS) is 14.2. The predicted octanol–water partition coefficient (Wildman–Crippen LogP) is 3.43. The second-order valence-electron chi connectivity index (χ2n) is 5.34. The Morgan fingerprint density at radius 3 is 2.48 bits per heavy atom. The molecule has 0 radical (unpaired) electrons. The zero-order chi connectivity index (χ0) is 14.8. The Bertz CT molecular complexity index is 642. The van der Waals surface area contributed by atoms with E-state index in [0.29, 0.717) is 6.54 Å². The molecule has 21 heavy (non-hydrogen) atoms. The fraction of sp³-hybridized carbons (Fsp3) is 0.294. The van der Waals surface area contributed by atoms with Crippen molar-refractivity contribution in [3.63, 3.8) is 0 Å². The molecule has 0 amide bonds. The van der Waals surface area contributed by atoms with Crippen LogP contribution in [0.15, 0.2) is 42.5 Å². The monoisotopic (exact) mass is 301 g/mol. The average molecular weight is 302 g/mol. The maximum atomic E-state index is 6.39. The average Bonchev–Trinajstić information content (AvgIpc) is 2.51. The largest absolute Gasteiger partial charge is 0.371 e. The van der Waals surface area contributed by atoms with Crippen LogP contribution in [-0.2, 0) is 6.42 Å². The van der Waals surface area contributed by atoms with Gasteiger partial charge in [0.2, 0.25) is 0 Å². The maximum absolute atomic E-state index is 6.39. The molecule has 0 aromatic heterocycles. The van der Waals surface area contributed by atoms with Crippen molar-refractivity contribution < 1.29 is 0 Å². The third-order valence-corrected chi connectivity index (χ3v) is 4.38. The first kappa shape index (κ1) is 14.2. The maximum Gasteiger partial charge on any atom is 0.0649 e. The van der Waals surface area contributed by atoms with Crippen LogP contribution in [0.4, 0.5) is 17.1 Å². The van der Waals surface area contributed by atoms with Crippen LogP contribution < -0.4 is 15.5 Å². The molecule has 3 rings (SSSR count). The number of hydrogen-bond donors (Lipinski definition) is 1. The lowest BCUT2D eigenvalue weighted by molar-refractivity contribution is 0.816. The van der Waals surface area contributed by atoms with Gasteiger partial charge in [-0.3, -0.25) is 0 Å². The van der Waals surface area contributed by atoms with Gasteiger partial charge < -0.3 is 15.5 Å². The van der Waals surface area contributed by atoms with Gasteiger partial charge in [0.25, 0.3) is 0 Å². The molecule has 2 aromatic rings. The number of halogens is 1. The first-order chi connectivity index (χ1) is 10.2. The summed E-state index contributed by atoms with van der Waals surface area (Å²) in [4.78, 5) is 4.64. The van der Waals surface area contributed by atoms with E-state index in [1.165, 1.54) is 17.1 Å². The topological polar surface area (TPSA) is 32.5 Å². The van der Waals surface area contributed by atoms with E-state index in [1.54, 1.807) is 0 Å². The predicted molar refractivity (Wildman–Crippen MR) is 90.9 cm³/mol. The number of benzene rings is 2. The Hall–Kier alpha value is -1.71. The molecular weight excluding hydrogens is 282 g/mol. The number of para-hydroxylation sites is 2. The van der Waals surface area contributed by atoms with Crippen molar-refractivity contribution in [1.82, 2.24) is 0 Å². The van der Waals surface area contributed by atoms with Gasteiger partial charge in [0.1, 0.15) is 0 Å². The van der Waals surface area contributed by atoms with E-state index in [1.807, 2.05) is 12.1 Å². The third kappa shape index (κ3) is 2.59. The minimum atomic E-state index is 0.603. The van der Waals surface area contributed by atoms with Crippen molar-refractivity contribution >= 4 is 28.7 Å². The standard InChI is InChI=1S/C17H20ClN3/c1-20-11-12-21(17-7-3-2-6-16(17)20)15-8-4-5-14(18)13(15)9-10-19/h2-8H,9-12,19H2,1H3. The number of rotatable bonds is 3. The molecule has 0 aliphatic carbocycles. The molecule has 0 saturated heterocycles. The highest BCUT2D eigenvalue weighted by molar-refractivity contribution is 6.31. The van der Waals surface area contributed by atoms with Crippen molar-refractivity contribution in [2.75, 3.05) is 36.5 Å². The zero-order valence-corrected chi connectivity index (χ0v) is 13.0. The molecule has 1 aliphatic rings. The van der Waals surface area contributed by atoms with E-state index in [4.69, 9.17) is 17.3 Å². The molecule has 1 heterocycles. The Morgan fingerprint density at radius 1 is 1.00 bits per heavy atom. The number of anilines is 3. The minimum Gasteiger partial charge on any atom is -0.371 e. The van der Waals surface area contributed by atoms with Crippen LogP contribution in [0.1, 0.15) is 5.56 Å². The second-order valence-corrected chi connectivity index (χ2v) is 5.75. The van der Waals surface area contributed by atoms with Gasteiger partial charge >= 0.3 is 0 Å². The van der Waals surface area contributed by atoms with Crippen molar-refractivity contribution in [2.45, 2.75) is 6.42 Å². The molecule has 0 bridgehead atoms. The van der Waals surface area contributed by atoms with Gasteiger partial charge in [-0.2, -0.15) is 0 Å². The summed E-state index contributed by atoms with van der Waals surface area (Å²) >= 11 is 6.39. The highest BCUT2D eigenvalue weighted by atomic mass is 35.5. The zero-order valence-electron chi connectivity index (χ0n) is 12.2. The number of hydrogen-bond acceptors (Lipinski definition) is 3. The van der Waals surface area contributed by atoms with E-state index in [-0.39, 0.29) is 0 Å². The van der Waals surface area contributed by atoms with Crippen molar-refractivity contribution in [3.8, 4) is 0 Å². The summed E-state index contributed by atoms with van der Waals surface area (Å²) in [6.07, 6.45) is 0.795. The molecule has 3 nitrogen and oxygen atoms in total. The molecule has 0 unspecified atom stereocenters. The molecule has 0 fully saturated rings. The SMILES string of the molecule is CN1CCN(c2cccc(Cl)c2CCN)c2ccccc21. The van der Waals surface area contributed by atoms with Gasteiger partial charge in [-0.1, -0.05) is 29.8 Å². The van der Waals surface area contributed by atoms with Gasteiger partial charge in [0, 0.05) is 30.8 Å². The van der Waals surface area contributed by atoms with Gasteiger partial charge in [-0.25, -0.2) is 0 Å². The van der Waals surface area contributed by atoms with E-state index >= 15 is 0 Å². The summed E-state index contributed by atoms with van der Waals surface area (Å²) in [7, 11) is 2.13. The van der Waals surface area contributed by atoms with Gasteiger partial charge in [-0.05, 0) is 42.8 Å². The van der Waals surface area contributed by atoms with E-state index in [0.717, 1.165) is 30.1 Å². The highest BCUT2D eigenvalue weighted by Crippen LogP contribution is 2.39. The lowest BCUT2D eigenvalue weighted by Gasteiger charge is -2.38. The summed E-state index contributed by atoms with van der Waals surface area (Å²) in [6.45, 7) is 2.54. The molecule has 4 heteroatoms. The first-order valence-corrected chi connectivity index (χ1v) is 7.65. The van der Waals surface area contributed by atoms with Gasteiger partial charge in [-0.15, -0.1) is 0 Å². The summed E-state index contributed by atoms with van der Waals surface area (Å²) in [5.41, 5.74) is 10.6. The number of fused-ring (bicyclic) bond motifs is 1. The highest BCUT2D eigenvalue weighted by Gasteiger charge is 2.23. The molecule has 2 N–H and O–H groups in total. The Balaban J connectivity index is 2.10. The van der Waals surface area contributed by atoms with Crippen LogP contribution in [0.2, 0.25) is 5.02 Å². The molecule has 0 spiro atoms. The van der Waals surface area contributed by atoms with E-state index in [9.17, 15) is 0 Å². The lowest BCUT2D eigenvalue weighted by atomic mass is 10.1. The third-order valence-electron chi connectivity index (χ3n) is 4.02. The van der Waals surface area contributed by atoms with Crippen LogP contribution in [0, 0.1) is 0 Å². The van der Waals surface area contributed by atoms with Gasteiger partial charge in [0.15, 0.2) is 0 Å². The van der Waals surface area contributed by atoms with Crippen LogP contribution >= 0.6 is 11.6 Å². The summed E-state index contributed by atoms with van der Waals surface area (Å²) in [5.74, 6) is 0. The van der Waals surface area contributed by atoms with Crippen LogP contribution in [0.3, 0.4) is 0 Å². The number of nitrogens with two attached hydrogens (primary N) is 1. The fourth-order valence-electron chi connectivity index (χ4n) is 2.95. The van der Waals surface area contributed by atoms with Crippen LogP contribution in [0.25, 0.3) is 0 Å². The molecule has 1 aliphatic heterocycles. The van der Waals surface area contributed by atoms with E-state index in [2.05, 4.69) is 47.2 Å². The smallest absolute Gasteiger partial charge is 0.0649 e. The quantitative estimate of drug-likeness (QED) is 0.943. The molecule has 110 valence electrons. The second kappa shape index (κ2) is 5.96. The molecule has 0 saturated carbocycles. The van der Waals surface area contributed by atoms with Crippen LogP contribution in [-0.4, -0.2) is 26.7 Å². The van der Waals surface area contributed by atoms with E-state index < -0.39 is 0 Å². The number of nitrogens with zero attached hydrogens (tertiary/aromatic N) is 2. The summed E-state index contributed by atoms with van der Waals surface area (Å²) in [5, 5.41) is 0.800. The van der Waals surface area contributed by atoms with Crippen LogP contribution in [0.5, 0.6) is 0 Å². The van der Waals surface area contributed by atoms with Crippen molar-refractivity contribution in [2.24, 2.45) is 5.73 Å². The molecular formula is C17H20ClN3. The Morgan fingerprint density at radius 2 is 1.71 bits per heavy atom. The Kier molecular flexibility index (Phi) is 4.04. The lowest BCUT2D eigenvalue weighted by Crippen LogP contribution is -2.36. The first-order valence-electron chi connectivity index (χ1n) is 7.27. The Labute approximate surface area is 130 Å². The fourth-order valence-corrected chi connectivity index (χ4v) is 3.21. The minimum absolute atomic E-state index is 0.603. The summed E-state index contributed by atoms with van der Waals surface area (Å²) in [6, 6.07) is 14.6. The number of likely N-dealkylation sites (N-methyl/N-ethyl adjacent to an activating group) is 1. The van der Waals surface area contributed by atoms with Gasteiger partial charge in [0.05, 0.1) is 11.4 Å². The molecule has 0 atom stereocenters. The van der Waals surface area contributed by atoms with Crippen molar-refractivity contribution in [1.29, 1.82) is 0 Å².